The van der Waals surface area contributed by atoms with Gasteiger partial charge in [-0.3, -0.25) is 14.4 Å². The van der Waals surface area contributed by atoms with E-state index < -0.39 is 17.1 Å². The van der Waals surface area contributed by atoms with Crippen molar-refractivity contribution in [1.82, 2.24) is 10.3 Å². The summed E-state index contributed by atoms with van der Waals surface area (Å²) < 4.78 is 16.3. The molecule has 1 aromatic heterocycles. The zero-order chi connectivity index (χ0) is 33.1. The quantitative estimate of drug-likeness (QED) is 0.107. The summed E-state index contributed by atoms with van der Waals surface area (Å²) in [4.78, 5) is 44.7. The molecule has 0 saturated heterocycles. The average molecular weight is 661 g/mol. The van der Waals surface area contributed by atoms with E-state index in [0.29, 0.717) is 51.3 Å². The van der Waals surface area contributed by atoms with Crippen LogP contribution < -0.4 is 30.2 Å². The van der Waals surface area contributed by atoms with Gasteiger partial charge in [-0.05, 0) is 61.0 Å². The van der Waals surface area contributed by atoms with Gasteiger partial charge in [0, 0.05) is 34.0 Å². The van der Waals surface area contributed by atoms with E-state index in [9.17, 15) is 14.4 Å². The minimum atomic E-state index is -0.582. The van der Waals surface area contributed by atoms with Crippen molar-refractivity contribution in [3.05, 3.63) is 107 Å². The molecule has 0 aliphatic carbocycles. The highest BCUT2D eigenvalue weighted by Gasteiger charge is 2.21. The monoisotopic (exact) mass is 660 g/mol. The second-order valence-electron chi connectivity index (χ2n) is 9.67. The number of nitrogens with zero attached hydrogens (tertiary/aromatic N) is 1. The van der Waals surface area contributed by atoms with Gasteiger partial charge in [-0.1, -0.05) is 42.8 Å². The van der Waals surface area contributed by atoms with E-state index in [1.807, 2.05) is 13.0 Å². The number of thioether (sulfide) groups is 1. The number of pyridine rings is 1. The highest BCUT2D eigenvalue weighted by Crippen LogP contribution is 2.36. The fourth-order valence-corrected chi connectivity index (χ4v) is 5.38. The maximum absolute atomic E-state index is 13.7. The fraction of sp³-hybridized carbons (Fsp3) is 0.176. The molecule has 0 bridgehead atoms. The first-order valence-corrected chi connectivity index (χ1v) is 15.4. The number of halogens is 1. The lowest BCUT2D eigenvalue weighted by molar-refractivity contribution is -0.116. The Hall–Kier alpha value is -5.00. The van der Waals surface area contributed by atoms with Gasteiger partial charge >= 0.3 is 0 Å². The van der Waals surface area contributed by atoms with Crippen LogP contribution >= 0.6 is 23.4 Å². The maximum Gasteiger partial charge on any atom is 0.272 e. The standard InChI is InChI=1S/C34H33ClN4O6S/c1-5-30(34(42)39-31-15-14-23(35)20-36-31)46-25-13-9-12-24(18-25)37-33(41)26(38-32(40)21-10-7-6-8-11-21)16-22-17-28(44-3)29(45-4)19-27(22)43-2/h6-20,30H,5H2,1-4H3,(H,37,41)(H,38,40)(H,36,39,42)/b26-16+. The second kappa shape index (κ2) is 16.4. The zero-order valence-corrected chi connectivity index (χ0v) is 27.2. The van der Waals surface area contributed by atoms with Crippen molar-refractivity contribution in [2.45, 2.75) is 23.5 Å². The minimum Gasteiger partial charge on any atom is -0.496 e. The summed E-state index contributed by atoms with van der Waals surface area (Å²) in [5.41, 5.74) is 1.26. The number of carbonyl (C=O) groups excluding carboxylic acids is 3. The molecule has 4 rings (SSSR count). The normalized spacial score (nSPS) is 11.6. The lowest BCUT2D eigenvalue weighted by Crippen LogP contribution is -2.30. The Kier molecular flexibility index (Phi) is 12.0. The number of hydrogen-bond acceptors (Lipinski definition) is 8. The molecule has 0 radical (unpaired) electrons. The fourth-order valence-electron chi connectivity index (χ4n) is 4.25. The van der Waals surface area contributed by atoms with Crippen LogP contribution in [-0.2, 0) is 9.59 Å². The van der Waals surface area contributed by atoms with E-state index in [-0.39, 0.29) is 11.6 Å². The third-order valence-electron chi connectivity index (χ3n) is 6.58. The van der Waals surface area contributed by atoms with Crippen molar-refractivity contribution in [1.29, 1.82) is 0 Å². The minimum absolute atomic E-state index is 0.0429. The van der Waals surface area contributed by atoms with Crippen LogP contribution in [0.25, 0.3) is 6.08 Å². The number of aromatic nitrogens is 1. The number of hydrogen-bond donors (Lipinski definition) is 3. The van der Waals surface area contributed by atoms with Crippen LogP contribution in [0.1, 0.15) is 29.3 Å². The SMILES string of the molecule is CCC(Sc1cccc(NC(=O)/C(=C\c2cc(OC)c(OC)cc2OC)NC(=O)c2ccccc2)c1)C(=O)Nc1ccc(Cl)cn1. The van der Waals surface area contributed by atoms with Gasteiger partial charge in [-0.25, -0.2) is 4.98 Å². The molecule has 3 amide bonds. The number of amides is 3. The van der Waals surface area contributed by atoms with Crippen LogP contribution in [0.15, 0.2) is 95.7 Å². The molecule has 0 aliphatic heterocycles. The first-order chi connectivity index (χ1) is 22.2. The summed E-state index contributed by atoms with van der Waals surface area (Å²) >= 11 is 7.25. The van der Waals surface area contributed by atoms with Crippen LogP contribution in [0.5, 0.6) is 17.2 Å². The maximum atomic E-state index is 13.7. The van der Waals surface area contributed by atoms with Gasteiger partial charge in [0.25, 0.3) is 11.8 Å². The Labute approximate surface area is 276 Å². The highest BCUT2D eigenvalue weighted by atomic mass is 35.5. The summed E-state index contributed by atoms with van der Waals surface area (Å²) in [6.45, 7) is 1.91. The molecule has 3 N–H and O–H groups in total. The molecule has 4 aromatic rings. The largest absolute Gasteiger partial charge is 0.496 e. The molecule has 1 unspecified atom stereocenters. The summed E-state index contributed by atoms with van der Waals surface area (Å²) in [7, 11) is 4.49. The van der Waals surface area contributed by atoms with Crippen molar-refractivity contribution in [3.8, 4) is 17.2 Å². The molecular formula is C34H33ClN4O6S. The van der Waals surface area contributed by atoms with E-state index in [1.165, 1.54) is 45.4 Å². The lowest BCUT2D eigenvalue weighted by atomic mass is 10.1. The van der Waals surface area contributed by atoms with Crippen molar-refractivity contribution in [3.63, 3.8) is 0 Å². The van der Waals surface area contributed by atoms with Gasteiger partial charge in [-0.15, -0.1) is 11.8 Å². The van der Waals surface area contributed by atoms with Gasteiger partial charge < -0.3 is 30.2 Å². The molecule has 0 fully saturated rings. The molecule has 1 heterocycles. The molecule has 3 aromatic carbocycles. The van der Waals surface area contributed by atoms with Gasteiger partial charge in [0.2, 0.25) is 5.91 Å². The van der Waals surface area contributed by atoms with Crippen molar-refractivity contribution < 1.29 is 28.6 Å². The van der Waals surface area contributed by atoms with Gasteiger partial charge in [0.1, 0.15) is 17.3 Å². The Morgan fingerprint density at radius 2 is 1.59 bits per heavy atom. The number of methoxy groups -OCH3 is 3. The van der Waals surface area contributed by atoms with E-state index in [4.69, 9.17) is 25.8 Å². The number of ether oxygens (including phenoxy) is 3. The smallest absolute Gasteiger partial charge is 0.272 e. The summed E-state index contributed by atoms with van der Waals surface area (Å²) in [5, 5.41) is 8.44. The first kappa shape index (κ1) is 33.9. The predicted molar refractivity (Wildman–Crippen MR) is 181 cm³/mol. The number of nitrogens with one attached hydrogen (secondary N) is 3. The Morgan fingerprint density at radius 1 is 0.870 bits per heavy atom. The summed E-state index contributed by atoms with van der Waals surface area (Å²) in [6.07, 6.45) is 3.51. The van der Waals surface area contributed by atoms with Gasteiger partial charge in [-0.2, -0.15) is 0 Å². The molecular weight excluding hydrogens is 628 g/mol. The van der Waals surface area contributed by atoms with Crippen LogP contribution in [0.4, 0.5) is 11.5 Å². The third-order valence-corrected chi connectivity index (χ3v) is 8.16. The molecule has 1 atom stereocenters. The van der Waals surface area contributed by atoms with Gasteiger partial charge in [0.05, 0.1) is 31.6 Å². The number of anilines is 2. The van der Waals surface area contributed by atoms with E-state index in [2.05, 4.69) is 20.9 Å². The molecule has 12 heteroatoms. The first-order valence-electron chi connectivity index (χ1n) is 14.1. The van der Waals surface area contributed by atoms with Crippen molar-refractivity contribution >= 4 is 58.7 Å². The average Bonchev–Trinajstić information content (AvgIpc) is 3.08. The van der Waals surface area contributed by atoms with Crippen LogP contribution in [0.3, 0.4) is 0 Å². The van der Waals surface area contributed by atoms with E-state index >= 15 is 0 Å². The summed E-state index contributed by atoms with van der Waals surface area (Å²) in [5.74, 6) is 0.378. The molecule has 0 saturated carbocycles. The number of carbonyl (C=O) groups is 3. The van der Waals surface area contributed by atoms with Crippen molar-refractivity contribution in [2.24, 2.45) is 0 Å². The molecule has 10 nitrogen and oxygen atoms in total. The number of benzene rings is 3. The molecule has 238 valence electrons. The van der Waals surface area contributed by atoms with E-state index in [1.54, 1.807) is 72.8 Å². The van der Waals surface area contributed by atoms with Crippen LogP contribution in [0, 0.1) is 0 Å². The summed E-state index contributed by atoms with van der Waals surface area (Å²) in [6, 6.07) is 22.2. The van der Waals surface area contributed by atoms with Gasteiger partial charge in [0.15, 0.2) is 11.5 Å². The lowest BCUT2D eigenvalue weighted by Gasteiger charge is -2.16. The highest BCUT2D eigenvalue weighted by molar-refractivity contribution is 8.00. The van der Waals surface area contributed by atoms with E-state index in [0.717, 1.165) is 4.90 Å². The van der Waals surface area contributed by atoms with Crippen LogP contribution in [-0.4, -0.2) is 49.3 Å². The Morgan fingerprint density at radius 3 is 2.24 bits per heavy atom. The Balaban J connectivity index is 1.59. The molecule has 0 spiro atoms. The van der Waals surface area contributed by atoms with Crippen LogP contribution in [0.2, 0.25) is 5.02 Å². The predicted octanol–water partition coefficient (Wildman–Crippen LogP) is 6.68. The Bertz CT molecular complexity index is 1720. The van der Waals surface area contributed by atoms with Crippen molar-refractivity contribution in [2.75, 3.05) is 32.0 Å². The second-order valence-corrected chi connectivity index (χ2v) is 11.4. The third kappa shape index (κ3) is 9.02. The zero-order valence-electron chi connectivity index (χ0n) is 25.6. The number of rotatable bonds is 13. The topological polar surface area (TPSA) is 128 Å². The molecule has 0 aliphatic rings. The molecule has 46 heavy (non-hydrogen) atoms.